The first-order valence-electron chi connectivity index (χ1n) is 8.68. The van der Waals surface area contributed by atoms with Gasteiger partial charge in [-0.05, 0) is 52.7 Å². The average Bonchev–Trinajstić information content (AvgIpc) is 3.16. The van der Waals surface area contributed by atoms with E-state index >= 15 is 0 Å². The minimum Gasteiger partial charge on any atom is -0.465 e. The molecule has 2 rings (SSSR count). The number of sulfone groups is 1. The number of benzene rings is 1. The van der Waals surface area contributed by atoms with Crippen LogP contribution in [0.5, 0.6) is 0 Å². The molecular weight excluding hydrogens is 521 g/mol. The van der Waals surface area contributed by atoms with Gasteiger partial charge >= 0.3 is 12.1 Å². The number of carbonyl (C=O) groups excluding carboxylic acids is 1. The summed E-state index contributed by atoms with van der Waals surface area (Å²) >= 11 is 3.92. The molecule has 0 fully saturated rings. The zero-order valence-corrected chi connectivity index (χ0v) is 19.6. The quantitative estimate of drug-likeness (QED) is 0.418. The predicted octanol–water partition coefficient (Wildman–Crippen LogP) is 4.30. The van der Waals surface area contributed by atoms with Gasteiger partial charge in [-0.1, -0.05) is 12.1 Å². The molecule has 0 aliphatic heterocycles. The number of halogens is 4. The predicted molar refractivity (Wildman–Crippen MR) is 117 cm³/mol. The van der Waals surface area contributed by atoms with Crippen molar-refractivity contribution in [2.45, 2.75) is 18.0 Å². The summed E-state index contributed by atoms with van der Waals surface area (Å²) in [7, 11) is -3.43. The second-order valence-electron chi connectivity index (χ2n) is 6.16. The number of hydrogen-bond acceptors (Lipinski definition) is 7. The Hall–Kier alpha value is -2.18. The Labute approximate surface area is 189 Å². The Morgan fingerprint density at radius 3 is 2.52 bits per heavy atom. The summed E-state index contributed by atoms with van der Waals surface area (Å²) in [4.78, 5) is 16.6. The van der Waals surface area contributed by atoms with Gasteiger partial charge in [-0.2, -0.15) is 13.2 Å². The Morgan fingerprint density at radius 1 is 1.26 bits per heavy atom. The normalized spacial score (nSPS) is 13.7. The lowest BCUT2D eigenvalue weighted by Crippen LogP contribution is -2.23. The lowest BCUT2D eigenvalue weighted by Gasteiger charge is -2.11. The van der Waals surface area contributed by atoms with Crippen LogP contribution < -0.4 is 5.73 Å². The van der Waals surface area contributed by atoms with Crippen LogP contribution in [0.15, 0.2) is 56.5 Å². The maximum atomic E-state index is 13.1. The highest BCUT2D eigenvalue weighted by Gasteiger charge is 2.35. The third-order valence-corrected chi connectivity index (χ3v) is 6.86. The zero-order valence-electron chi connectivity index (χ0n) is 16.4. The summed E-state index contributed by atoms with van der Waals surface area (Å²) in [6, 6.07) is 9.29. The number of ether oxygens (including phenoxy) is 1. The third-order valence-electron chi connectivity index (χ3n) is 3.81. The first-order valence-corrected chi connectivity index (χ1v) is 12.2. The van der Waals surface area contributed by atoms with Gasteiger partial charge in [0, 0.05) is 11.1 Å². The standard InChI is InChI=1S/C19H18BrF3N2O4S2/c1-3-29-15(26)10-25-17(16(20)18(24)19(21,22)23)14-8-7-13(30-14)11-5-4-6-12(9-11)31(2,27)28/h4-9H,3,10,24H2,1-2H3/b18-16+,25-17?. The number of nitrogens with two attached hydrogens (primary N) is 1. The minimum absolute atomic E-state index is 0.102. The highest BCUT2D eigenvalue weighted by atomic mass is 79.9. The molecule has 0 aliphatic rings. The van der Waals surface area contributed by atoms with Gasteiger partial charge in [0.2, 0.25) is 0 Å². The molecule has 2 N–H and O–H groups in total. The highest BCUT2D eigenvalue weighted by molar-refractivity contribution is 9.12. The van der Waals surface area contributed by atoms with Crippen LogP contribution in [-0.4, -0.2) is 45.7 Å². The molecule has 1 heterocycles. The molecule has 0 atom stereocenters. The van der Waals surface area contributed by atoms with Gasteiger partial charge in [0.1, 0.15) is 12.2 Å². The first-order chi connectivity index (χ1) is 14.3. The van der Waals surface area contributed by atoms with Crippen LogP contribution in [0.2, 0.25) is 0 Å². The van der Waals surface area contributed by atoms with Crippen molar-refractivity contribution in [3.63, 3.8) is 0 Å². The van der Waals surface area contributed by atoms with E-state index in [1.807, 2.05) is 0 Å². The molecule has 0 aliphatic carbocycles. The van der Waals surface area contributed by atoms with E-state index in [0.29, 0.717) is 15.3 Å². The summed E-state index contributed by atoms with van der Waals surface area (Å²) in [5.41, 5.74) is 4.23. The summed E-state index contributed by atoms with van der Waals surface area (Å²) in [6.45, 7) is 1.20. The first kappa shape index (κ1) is 25.1. The molecule has 0 saturated carbocycles. The summed E-state index contributed by atoms with van der Waals surface area (Å²) in [5, 5.41) is 0. The number of nitrogens with zero attached hydrogens (tertiary/aromatic N) is 1. The van der Waals surface area contributed by atoms with E-state index in [1.54, 1.807) is 25.1 Å². The molecule has 0 bridgehead atoms. The summed E-state index contributed by atoms with van der Waals surface area (Å²) < 4.78 is 67.2. The van der Waals surface area contributed by atoms with Crippen LogP contribution in [-0.2, 0) is 19.4 Å². The van der Waals surface area contributed by atoms with Crippen LogP contribution >= 0.6 is 27.3 Å². The molecule has 2 aromatic rings. The number of alkyl halides is 3. The molecule has 31 heavy (non-hydrogen) atoms. The number of rotatable bonds is 7. The van der Waals surface area contributed by atoms with Gasteiger partial charge in [-0.15, -0.1) is 11.3 Å². The van der Waals surface area contributed by atoms with Gasteiger partial charge in [0.05, 0.1) is 26.6 Å². The fourth-order valence-corrected chi connectivity index (χ4v) is 4.74. The molecule has 6 nitrogen and oxygen atoms in total. The van der Waals surface area contributed by atoms with E-state index in [-0.39, 0.29) is 17.2 Å². The van der Waals surface area contributed by atoms with Gasteiger partial charge < -0.3 is 10.5 Å². The topological polar surface area (TPSA) is 98.8 Å². The number of aliphatic imine (C=N–C) groups is 1. The van der Waals surface area contributed by atoms with Crippen molar-refractivity contribution in [2.24, 2.45) is 10.7 Å². The van der Waals surface area contributed by atoms with E-state index in [4.69, 9.17) is 10.5 Å². The Kier molecular flexibility index (Phi) is 8.06. The van der Waals surface area contributed by atoms with Crippen molar-refractivity contribution in [3.8, 4) is 10.4 Å². The number of thiophene rings is 1. The van der Waals surface area contributed by atoms with E-state index < -0.39 is 38.7 Å². The van der Waals surface area contributed by atoms with Gasteiger partial charge in [0.15, 0.2) is 9.84 Å². The average molecular weight is 539 g/mol. The molecule has 1 aromatic carbocycles. The Bertz CT molecular complexity index is 1140. The van der Waals surface area contributed by atoms with Crippen molar-refractivity contribution in [3.05, 3.63) is 51.5 Å². The number of carbonyl (C=O) groups is 1. The SMILES string of the molecule is CCOC(=O)CN=C(/C(Br)=C(\N)C(F)(F)F)c1ccc(-c2cccc(S(C)(=O)=O)c2)s1. The largest absolute Gasteiger partial charge is 0.465 e. The molecular formula is C19H18BrF3N2O4S2. The second-order valence-corrected chi connectivity index (χ2v) is 10.1. The van der Waals surface area contributed by atoms with Gasteiger partial charge in [-0.25, -0.2) is 8.42 Å². The Balaban J connectivity index is 2.53. The molecule has 0 unspecified atom stereocenters. The fraction of sp³-hybridized carbons (Fsp3) is 0.263. The molecule has 1 aromatic heterocycles. The van der Waals surface area contributed by atoms with Crippen LogP contribution in [0, 0.1) is 0 Å². The molecule has 0 saturated heterocycles. The number of allylic oxidation sites excluding steroid dienone is 2. The highest BCUT2D eigenvalue weighted by Crippen LogP contribution is 2.34. The van der Waals surface area contributed by atoms with E-state index in [2.05, 4.69) is 20.9 Å². The van der Waals surface area contributed by atoms with Crippen molar-refractivity contribution in [1.29, 1.82) is 0 Å². The van der Waals surface area contributed by atoms with Gasteiger partial charge in [0.25, 0.3) is 0 Å². The smallest absolute Gasteiger partial charge is 0.431 e. The van der Waals surface area contributed by atoms with Crippen LogP contribution in [0.25, 0.3) is 10.4 Å². The minimum atomic E-state index is -4.81. The molecule has 0 amide bonds. The van der Waals surface area contributed by atoms with Crippen LogP contribution in [0.4, 0.5) is 13.2 Å². The second kappa shape index (κ2) is 9.96. The zero-order chi connectivity index (χ0) is 23.4. The van der Waals surface area contributed by atoms with Crippen LogP contribution in [0.1, 0.15) is 11.8 Å². The van der Waals surface area contributed by atoms with E-state index in [1.165, 1.54) is 18.2 Å². The lowest BCUT2D eigenvalue weighted by atomic mass is 10.2. The van der Waals surface area contributed by atoms with Crippen molar-refractivity contribution in [2.75, 3.05) is 19.4 Å². The number of esters is 1. The maximum absolute atomic E-state index is 13.1. The van der Waals surface area contributed by atoms with E-state index in [9.17, 15) is 26.4 Å². The molecule has 0 spiro atoms. The monoisotopic (exact) mass is 538 g/mol. The summed E-state index contributed by atoms with van der Waals surface area (Å²) in [6.07, 6.45) is -3.73. The number of hydrogen-bond donors (Lipinski definition) is 1. The molecule has 0 radical (unpaired) electrons. The third kappa shape index (κ3) is 6.65. The van der Waals surface area contributed by atoms with Gasteiger partial charge in [-0.3, -0.25) is 9.79 Å². The lowest BCUT2D eigenvalue weighted by molar-refractivity contribution is -0.141. The van der Waals surface area contributed by atoms with E-state index in [0.717, 1.165) is 17.6 Å². The Morgan fingerprint density at radius 2 is 1.94 bits per heavy atom. The fourth-order valence-electron chi connectivity index (χ4n) is 2.36. The van der Waals surface area contributed by atoms with Crippen molar-refractivity contribution < 1.29 is 31.1 Å². The maximum Gasteiger partial charge on any atom is 0.431 e. The van der Waals surface area contributed by atoms with Crippen LogP contribution in [0.3, 0.4) is 0 Å². The molecule has 12 heteroatoms. The van der Waals surface area contributed by atoms with Crippen molar-refractivity contribution in [1.82, 2.24) is 0 Å². The van der Waals surface area contributed by atoms with Crippen molar-refractivity contribution >= 4 is 48.8 Å². The molecule has 168 valence electrons. The summed E-state index contributed by atoms with van der Waals surface area (Å²) in [5.74, 6) is -0.705.